The first-order valence-corrected chi connectivity index (χ1v) is 7.30. The minimum Gasteiger partial charge on any atom is -0.370 e. The highest BCUT2D eigenvalue weighted by Gasteiger charge is 2.11. The largest absolute Gasteiger partial charge is 0.370 e. The number of halogens is 1. The van der Waals surface area contributed by atoms with Crippen molar-refractivity contribution < 1.29 is 4.92 Å². The minimum absolute atomic E-state index is 0.00102. The normalized spacial score (nSPS) is 10.2. The van der Waals surface area contributed by atoms with E-state index < -0.39 is 4.92 Å². The van der Waals surface area contributed by atoms with Crippen molar-refractivity contribution >= 4 is 38.9 Å². The Morgan fingerprint density at radius 1 is 1.29 bits per heavy atom. The van der Waals surface area contributed by atoms with Gasteiger partial charge in [-0.25, -0.2) is 4.98 Å². The van der Waals surface area contributed by atoms with Crippen LogP contribution in [0.5, 0.6) is 0 Å². The van der Waals surface area contributed by atoms with Crippen molar-refractivity contribution in [2.24, 2.45) is 0 Å². The van der Waals surface area contributed by atoms with E-state index >= 15 is 0 Å². The fraction of sp³-hybridized carbons (Fsp3) is 0.214. The van der Waals surface area contributed by atoms with Crippen LogP contribution in [0, 0.1) is 10.1 Å². The Balaban J connectivity index is 2.28. The molecule has 0 saturated heterocycles. The SMILES string of the molecule is CCCNc1cc([N+](=O)[O-])cc(Nc2cccc(Br)c2)n1. The molecule has 6 nitrogen and oxygen atoms in total. The zero-order valence-electron chi connectivity index (χ0n) is 11.5. The second-order valence-corrected chi connectivity index (χ2v) is 5.33. The molecule has 0 fully saturated rings. The lowest BCUT2D eigenvalue weighted by Gasteiger charge is -2.09. The lowest BCUT2D eigenvalue weighted by atomic mass is 10.3. The number of nitro groups is 1. The fourth-order valence-corrected chi connectivity index (χ4v) is 2.14. The predicted molar refractivity (Wildman–Crippen MR) is 87.1 cm³/mol. The number of pyridine rings is 1. The van der Waals surface area contributed by atoms with Crippen LogP contribution in [0.15, 0.2) is 40.9 Å². The van der Waals surface area contributed by atoms with E-state index in [-0.39, 0.29) is 5.69 Å². The van der Waals surface area contributed by atoms with Crippen LogP contribution in [-0.2, 0) is 0 Å². The molecule has 0 spiro atoms. The summed E-state index contributed by atoms with van der Waals surface area (Å²) in [7, 11) is 0. The molecule has 0 bridgehead atoms. The van der Waals surface area contributed by atoms with Crippen LogP contribution in [0.4, 0.5) is 23.0 Å². The Labute approximate surface area is 130 Å². The first-order valence-electron chi connectivity index (χ1n) is 6.51. The molecule has 110 valence electrons. The molecule has 2 aromatic rings. The zero-order chi connectivity index (χ0) is 15.2. The summed E-state index contributed by atoms with van der Waals surface area (Å²) in [5.74, 6) is 0.921. The monoisotopic (exact) mass is 350 g/mol. The third-order valence-corrected chi connectivity index (χ3v) is 3.17. The van der Waals surface area contributed by atoms with Gasteiger partial charge in [-0.1, -0.05) is 28.9 Å². The molecule has 7 heteroatoms. The van der Waals surface area contributed by atoms with Crippen LogP contribution in [0.1, 0.15) is 13.3 Å². The van der Waals surface area contributed by atoms with E-state index in [9.17, 15) is 10.1 Å². The molecule has 1 aromatic carbocycles. The molecule has 0 saturated carbocycles. The third-order valence-electron chi connectivity index (χ3n) is 2.67. The van der Waals surface area contributed by atoms with Gasteiger partial charge in [0.15, 0.2) is 0 Å². The maximum atomic E-state index is 11.0. The number of benzene rings is 1. The Morgan fingerprint density at radius 3 is 2.71 bits per heavy atom. The number of nitrogens with one attached hydrogen (secondary N) is 2. The summed E-state index contributed by atoms with van der Waals surface area (Å²) in [5, 5.41) is 17.1. The molecule has 1 heterocycles. The highest BCUT2D eigenvalue weighted by Crippen LogP contribution is 2.24. The van der Waals surface area contributed by atoms with Gasteiger partial charge in [0.05, 0.1) is 17.1 Å². The van der Waals surface area contributed by atoms with Crippen molar-refractivity contribution in [3.63, 3.8) is 0 Å². The van der Waals surface area contributed by atoms with Crippen molar-refractivity contribution in [3.8, 4) is 0 Å². The van der Waals surface area contributed by atoms with Gasteiger partial charge in [0, 0.05) is 16.7 Å². The second kappa shape index (κ2) is 7.03. The molecule has 2 N–H and O–H groups in total. The zero-order valence-corrected chi connectivity index (χ0v) is 13.1. The first kappa shape index (κ1) is 15.2. The summed E-state index contributed by atoms with van der Waals surface area (Å²) < 4.78 is 0.919. The summed E-state index contributed by atoms with van der Waals surface area (Å²) in [5.41, 5.74) is 0.805. The van der Waals surface area contributed by atoms with Gasteiger partial charge in [0.2, 0.25) is 0 Å². The Kier molecular flexibility index (Phi) is 5.10. The van der Waals surface area contributed by atoms with Gasteiger partial charge in [0.1, 0.15) is 11.6 Å². The first-order chi connectivity index (χ1) is 10.1. The molecular weight excluding hydrogens is 336 g/mol. The van der Waals surface area contributed by atoms with Crippen LogP contribution in [0.25, 0.3) is 0 Å². The van der Waals surface area contributed by atoms with Gasteiger partial charge in [0.25, 0.3) is 5.69 Å². The van der Waals surface area contributed by atoms with Crippen molar-refractivity contribution in [1.29, 1.82) is 0 Å². The number of hydrogen-bond donors (Lipinski definition) is 2. The van der Waals surface area contributed by atoms with Crippen LogP contribution >= 0.6 is 15.9 Å². The molecular formula is C14H15BrN4O2. The standard InChI is InChI=1S/C14H15BrN4O2/c1-2-6-16-13-8-12(19(20)21)9-14(18-13)17-11-5-3-4-10(15)7-11/h3-5,7-9H,2,6H2,1H3,(H2,16,17,18). The highest BCUT2D eigenvalue weighted by molar-refractivity contribution is 9.10. The van der Waals surface area contributed by atoms with Crippen molar-refractivity contribution in [2.75, 3.05) is 17.2 Å². The highest BCUT2D eigenvalue weighted by atomic mass is 79.9. The Bertz CT molecular complexity index is 649. The number of anilines is 3. The van der Waals surface area contributed by atoms with Crippen LogP contribution in [-0.4, -0.2) is 16.5 Å². The molecule has 0 amide bonds. The van der Waals surface area contributed by atoms with Gasteiger partial charge < -0.3 is 10.6 Å². The quantitative estimate of drug-likeness (QED) is 0.599. The summed E-state index contributed by atoms with van der Waals surface area (Å²) in [6, 6.07) is 10.4. The summed E-state index contributed by atoms with van der Waals surface area (Å²) >= 11 is 3.38. The predicted octanol–water partition coefficient (Wildman–Crippen LogP) is 4.32. The molecule has 0 atom stereocenters. The molecule has 0 aliphatic carbocycles. The molecule has 1 aromatic heterocycles. The third kappa shape index (κ3) is 4.42. The van der Waals surface area contributed by atoms with Crippen LogP contribution < -0.4 is 10.6 Å². The van der Waals surface area contributed by atoms with E-state index in [2.05, 4.69) is 31.5 Å². The van der Waals surface area contributed by atoms with Crippen LogP contribution in [0.2, 0.25) is 0 Å². The van der Waals surface area contributed by atoms with Gasteiger partial charge in [-0.2, -0.15) is 0 Å². The van der Waals surface area contributed by atoms with E-state index in [1.165, 1.54) is 12.1 Å². The van der Waals surface area contributed by atoms with Crippen molar-refractivity contribution in [1.82, 2.24) is 4.98 Å². The summed E-state index contributed by atoms with van der Waals surface area (Å²) in [6.07, 6.45) is 0.915. The van der Waals surface area contributed by atoms with Gasteiger partial charge in [-0.3, -0.25) is 10.1 Å². The number of rotatable bonds is 6. The van der Waals surface area contributed by atoms with Gasteiger partial charge in [-0.05, 0) is 24.6 Å². The maximum Gasteiger partial charge on any atom is 0.276 e. The summed E-state index contributed by atoms with van der Waals surface area (Å²) in [6.45, 7) is 2.73. The lowest BCUT2D eigenvalue weighted by Crippen LogP contribution is -2.05. The van der Waals surface area contributed by atoms with Crippen molar-refractivity contribution in [3.05, 3.63) is 51.0 Å². The van der Waals surface area contributed by atoms with E-state index in [0.717, 1.165) is 16.6 Å². The maximum absolute atomic E-state index is 11.0. The second-order valence-electron chi connectivity index (χ2n) is 4.42. The average Bonchev–Trinajstić information content (AvgIpc) is 2.45. The number of aromatic nitrogens is 1. The number of hydrogen-bond acceptors (Lipinski definition) is 5. The van der Waals surface area contributed by atoms with E-state index in [4.69, 9.17) is 0 Å². The molecule has 2 rings (SSSR count). The fourth-order valence-electron chi connectivity index (χ4n) is 1.74. The van der Waals surface area contributed by atoms with E-state index in [1.807, 2.05) is 31.2 Å². The minimum atomic E-state index is -0.426. The molecule has 0 unspecified atom stereocenters. The topological polar surface area (TPSA) is 80.1 Å². The molecule has 21 heavy (non-hydrogen) atoms. The molecule has 0 radical (unpaired) electrons. The Hall–Kier alpha value is -2.15. The number of nitrogens with zero attached hydrogens (tertiary/aromatic N) is 2. The van der Waals surface area contributed by atoms with Crippen molar-refractivity contribution in [2.45, 2.75) is 13.3 Å². The van der Waals surface area contributed by atoms with E-state index in [1.54, 1.807) is 0 Å². The molecule has 0 aliphatic rings. The average molecular weight is 351 g/mol. The van der Waals surface area contributed by atoms with Gasteiger partial charge in [-0.15, -0.1) is 0 Å². The lowest BCUT2D eigenvalue weighted by molar-refractivity contribution is -0.384. The van der Waals surface area contributed by atoms with Gasteiger partial charge >= 0.3 is 0 Å². The molecule has 0 aliphatic heterocycles. The van der Waals surface area contributed by atoms with E-state index in [0.29, 0.717) is 18.2 Å². The smallest absolute Gasteiger partial charge is 0.276 e. The van der Waals surface area contributed by atoms with Crippen LogP contribution in [0.3, 0.4) is 0 Å². The summed E-state index contributed by atoms with van der Waals surface area (Å²) in [4.78, 5) is 14.9. The Morgan fingerprint density at radius 2 is 2.05 bits per heavy atom.